The lowest BCUT2D eigenvalue weighted by Crippen LogP contribution is -2.43. The van der Waals surface area contributed by atoms with Gasteiger partial charge < -0.3 is 4.57 Å². The van der Waals surface area contributed by atoms with Gasteiger partial charge in [-0.1, -0.05) is 19.6 Å². The minimum absolute atomic E-state index is 1.12. The first-order valence-electron chi connectivity index (χ1n) is 5.33. The first-order valence-corrected chi connectivity index (χ1v) is 8.83. The van der Waals surface area contributed by atoms with E-state index in [2.05, 4.69) is 49.2 Å². The third kappa shape index (κ3) is 1.51. The highest BCUT2D eigenvalue weighted by atomic mass is 28.3. The van der Waals surface area contributed by atoms with E-state index < -0.39 is 8.07 Å². The molecule has 80 valence electrons. The minimum atomic E-state index is -1.28. The van der Waals surface area contributed by atoms with E-state index in [-0.39, 0.29) is 0 Å². The van der Waals surface area contributed by atoms with Gasteiger partial charge in [0.2, 0.25) is 0 Å². The van der Waals surface area contributed by atoms with Crippen LogP contribution in [0, 0.1) is 6.92 Å². The highest BCUT2D eigenvalue weighted by molar-refractivity contribution is 6.88. The van der Waals surface area contributed by atoms with E-state index in [1.807, 2.05) is 12.3 Å². The van der Waals surface area contributed by atoms with E-state index >= 15 is 0 Å². The molecule has 3 heteroatoms. The Balaban J connectivity index is 2.87. The second-order valence-corrected chi connectivity index (χ2v) is 10.1. The molecule has 0 aliphatic heterocycles. The molecule has 0 bridgehead atoms. The van der Waals surface area contributed by atoms with Crippen LogP contribution in [0.5, 0.6) is 0 Å². The fourth-order valence-electron chi connectivity index (χ4n) is 2.51. The summed E-state index contributed by atoms with van der Waals surface area (Å²) in [5.41, 5.74) is 2.53. The smallest absolute Gasteiger partial charge is 0.139 e. The number of rotatable bonds is 1. The molecule has 2 aromatic rings. The van der Waals surface area contributed by atoms with Crippen molar-refractivity contribution in [2.45, 2.75) is 26.6 Å². The second-order valence-electron chi connectivity index (χ2n) is 5.16. The third-order valence-electron chi connectivity index (χ3n) is 2.91. The molecule has 0 aliphatic rings. The lowest BCUT2D eigenvalue weighted by Gasteiger charge is -2.18. The summed E-state index contributed by atoms with van der Waals surface area (Å²) in [5, 5.41) is 2.81. The molecule has 0 radical (unpaired) electrons. The normalized spacial score (nSPS) is 12.3. The molecule has 2 nitrogen and oxygen atoms in total. The fraction of sp³-hybridized carbons (Fsp3) is 0.417. The minimum Gasteiger partial charge on any atom is -0.336 e. The Bertz CT molecular complexity index is 467. The number of hydrogen-bond acceptors (Lipinski definition) is 1. The van der Waals surface area contributed by atoms with E-state index in [4.69, 9.17) is 0 Å². The molecular weight excluding hydrogens is 200 g/mol. The van der Waals surface area contributed by atoms with E-state index in [9.17, 15) is 0 Å². The topological polar surface area (TPSA) is 17.8 Å². The number of nitrogens with zero attached hydrogens (tertiary/aromatic N) is 2. The maximum atomic E-state index is 4.46. The molecule has 0 aromatic carbocycles. The van der Waals surface area contributed by atoms with Gasteiger partial charge in [-0.3, -0.25) is 0 Å². The fourth-order valence-corrected chi connectivity index (χ4v) is 4.88. The van der Waals surface area contributed by atoms with Crippen LogP contribution < -0.4 is 5.32 Å². The molecule has 0 amide bonds. The maximum absolute atomic E-state index is 4.46. The summed E-state index contributed by atoms with van der Waals surface area (Å²) in [7, 11) is 0.852. The molecule has 0 saturated heterocycles. The number of fused-ring (bicyclic) bond motifs is 1. The zero-order valence-electron chi connectivity index (χ0n) is 10.1. The van der Waals surface area contributed by atoms with Crippen molar-refractivity contribution >= 4 is 24.4 Å². The van der Waals surface area contributed by atoms with Crippen molar-refractivity contribution in [1.29, 1.82) is 0 Å². The predicted molar refractivity (Wildman–Crippen MR) is 68.4 cm³/mol. The Morgan fingerprint density at radius 2 is 1.93 bits per heavy atom. The van der Waals surface area contributed by atoms with Gasteiger partial charge in [-0.25, -0.2) is 4.98 Å². The maximum Gasteiger partial charge on any atom is 0.139 e. The third-order valence-corrected chi connectivity index (χ3v) is 5.04. The molecule has 0 aliphatic carbocycles. The average molecular weight is 218 g/mol. The van der Waals surface area contributed by atoms with Crippen LogP contribution in [-0.2, 0) is 7.05 Å². The summed E-state index contributed by atoms with van der Waals surface area (Å²) < 4.78 is 2.27. The molecule has 0 N–H and O–H groups in total. The van der Waals surface area contributed by atoms with E-state index in [0.29, 0.717) is 0 Å². The van der Waals surface area contributed by atoms with Gasteiger partial charge >= 0.3 is 0 Å². The Morgan fingerprint density at radius 3 is 2.47 bits per heavy atom. The van der Waals surface area contributed by atoms with Gasteiger partial charge in [-0.15, -0.1) is 0 Å². The monoisotopic (exact) mass is 218 g/mol. The molecule has 0 unspecified atom stereocenters. The van der Waals surface area contributed by atoms with Gasteiger partial charge in [-0.05, 0) is 24.6 Å². The number of aromatic nitrogens is 2. The highest BCUT2D eigenvalue weighted by Gasteiger charge is 2.24. The Morgan fingerprint density at radius 1 is 1.27 bits per heavy atom. The van der Waals surface area contributed by atoms with Crippen LogP contribution >= 0.6 is 0 Å². The summed E-state index contributed by atoms with van der Waals surface area (Å²) in [4.78, 5) is 4.46. The molecule has 2 heterocycles. The van der Waals surface area contributed by atoms with Crippen LogP contribution in [0.25, 0.3) is 11.0 Å². The lowest BCUT2D eigenvalue weighted by molar-refractivity contribution is 0.970. The standard InChI is InChI=1S/C12H18N2Si/c1-9-10-7-6-8-13-11(10)14(2)12(9)15(3,4)5/h6-8H,1-5H3. The molecule has 2 aromatic heterocycles. The zero-order chi connectivity index (χ0) is 11.2. The Kier molecular flexibility index (Phi) is 2.23. The van der Waals surface area contributed by atoms with Crippen LogP contribution in [-0.4, -0.2) is 17.6 Å². The SMILES string of the molecule is Cc1c([Si](C)(C)C)n(C)c2ncccc12. The van der Waals surface area contributed by atoms with E-state index in [0.717, 1.165) is 5.65 Å². The first-order chi connectivity index (χ1) is 6.93. The van der Waals surface area contributed by atoms with Crippen molar-refractivity contribution in [1.82, 2.24) is 9.55 Å². The van der Waals surface area contributed by atoms with Gasteiger partial charge in [0.1, 0.15) is 5.65 Å². The number of hydrogen-bond donors (Lipinski definition) is 0. The zero-order valence-corrected chi connectivity index (χ0v) is 11.1. The average Bonchev–Trinajstić information content (AvgIpc) is 2.39. The lowest BCUT2D eigenvalue weighted by atomic mass is 10.2. The van der Waals surface area contributed by atoms with Crippen LogP contribution in [0.15, 0.2) is 18.3 Å². The quantitative estimate of drug-likeness (QED) is 0.672. The summed E-state index contributed by atoms with van der Waals surface area (Å²) in [5.74, 6) is 0. The van der Waals surface area contributed by atoms with E-state index in [1.165, 1.54) is 16.3 Å². The molecule has 2 rings (SSSR count). The van der Waals surface area contributed by atoms with Crippen molar-refractivity contribution in [3.05, 3.63) is 23.9 Å². The van der Waals surface area contributed by atoms with Gasteiger partial charge in [0.05, 0.1) is 8.07 Å². The molecule has 0 spiro atoms. The van der Waals surface area contributed by atoms with Crippen LogP contribution in [0.2, 0.25) is 19.6 Å². The number of pyridine rings is 1. The van der Waals surface area contributed by atoms with Crippen molar-refractivity contribution in [3.8, 4) is 0 Å². The van der Waals surface area contributed by atoms with Crippen molar-refractivity contribution in [2.75, 3.05) is 0 Å². The van der Waals surface area contributed by atoms with Gasteiger partial charge in [0.25, 0.3) is 0 Å². The summed E-state index contributed by atoms with van der Waals surface area (Å²) in [6.07, 6.45) is 1.87. The Labute approximate surface area is 92.0 Å². The molecule has 15 heavy (non-hydrogen) atoms. The van der Waals surface area contributed by atoms with Crippen molar-refractivity contribution in [2.24, 2.45) is 7.05 Å². The predicted octanol–water partition coefficient (Wildman–Crippen LogP) is 2.43. The van der Waals surface area contributed by atoms with Crippen LogP contribution in [0.4, 0.5) is 0 Å². The summed E-state index contributed by atoms with van der Waals surface area (Å²) in [6, 6.07) is 4.19. The highest BCUT2D eigenvalue weighted by Crippen LogP contribution is 2.18. The van der Waals surface area contributed by atoms with Crippen LogP contribution in [0.1, 0.15) is 5.56 Å². The van der Waals surface area contributed by atoms with E-state index in [1.54, 1.807) is 0 Å². The van der Waals surface area contributed by atoms with Crippen molar-refractivity contribution in [3.63, 3.8) is 0 Å². The molecule has 0 fully saturated rings. The Hall–Kier alpha value is -1.09. The second kappa shape index (κ2) is 3.20. The number of aryl methyl sites for hydroxylation is 2. The van der Waals surface area contributed by atoms with Gasteiger partial charge in [0.15, 0.2) is 0 Å². The molecule has 0 atom stereocenters. The van der Waals surface area contributed by atoms with Gasteiger partial charge in [-0.2, -0.15) is 0 Å². The van der Waals surface area contributed by atoms with Gasteiger partial charge in [0, 0.05) is 23.9 Å². The summed E-state index contributed by atoms with van der Waals surface area (Å²) >= 11 is 0. The van der Waals surface area contributed by atoms with Crippen LogP contribution in [0.3, 0.4) is 0 Å². The first kappa shape index (κ1) is 10.4. The summed E-state index contributed by atoms with van der Waals surface area (Å²) in [6.45, 7) is 9.37. The largest absolute Gasteiger partial charge is 0.336 e. The van der Waals surface area contributed by atoms with Crippen molar-refractivity contribution < 1.29 is 0 Å². The molecule has 0 saturated carbocycles. The molecular formula is C12H18N2Si.